The van der Waals surface area contributed by atoms with E-state index in [0.29, 0.717) is 18.5 Å². The average Bonchev–Trinajstić information content (AvgIpc) is 3.34. The number of anilines is 2. The summed E-state index contributed by atoms with van der Waals surface area (Å²) >= 11 is 0. The summed E-state index contributed by atoms with van der Waals surface area (Å²) in [5.41, 5.74) is 5.29. The van der Waals surface area contributed by atoms with Crippen LogP contribution < -0.4 is 9.80 Å². The Labute approximate surface area is 167 Å². The second-order valence-corrected chi connectivity index (χ2v) is 8.55. The number of likely N-dealkylation sites (N-methyl/N-ethyl adjacent to an activating group) is 2. The summed E-state index contributed by atoms with van der Waals surface area (Å²) in [6.45, 7) is 9.83. The number of benzene rings is 2. The highest BCUT2D eigenvalue weighted by atomic mass is 16.2. The van der Waals surface area contributed by atoms with E-state index >= 15 is 0 Å². The van der Waals surface area contributed by atoms with E-state index in [9.17, 15) is 4.79 Å². The molecule has 2 atom stereocenters. The van der Waals surface area contributed by atoms with Crippen molar-refractivity contribution in [2.24, 2.45) is 5.92 Å². The third kappa shape index (κ3) is 2.74. The Balaban J connectivity index is 1.41. The molecule has 28 heavy (non-hydrogen) atoms. The molecular weight excluding hydrogens is 346 g/mol. The Morgan fingerprint density at radius 2 is 1.79 bits per heavy atom. The Bertz CT molecular complexity index is 893. The minimum Gasteiger partial charge on any atom is -0.358 e. The molecule has 146 valence electrons. The highest BCUT2D eigenvalue weighted by Gasteiger charge is 2.60. The minimum atomic E-state index is 0.173. The zero-order valence-corrected chi connectivity index (χ0v) is 16.9. The maximum Gasteiger partial charge on any atom is 0.246 e. The van der Waals surface area contributed by atoms with Crippen molar-refractivity contribution in [1.82, 2.24) is 4.90 Å². The molecule has 1 amide bonds. The normalized spacial score (nSPS) is 26.8. The van der Waals surface area contributed by atoms with Crippen LogP contribution in [0.2, 0.25) is 0 Å². The molecule has 2 fully saturated rings. The summed E-state index contributed by atoms with van der Waals surface area (Å²) in [7, 11) is 0. The quantitative estimate of drug-likeness (QED) is 0.816. The van der Waals surface area contributed by atoms with Gasteiger partial charge in [0.1, 0.15) is 0 Å². The summed E-state index contributed by atoms with van der Waals surface area (Å²) in [5.74, 6) is 1.01. The number of amides is 1. The van der Waals surface area contributed by atoms with Gasteiger partial charge >= 0.3 is 0 Å². The summed E-state index contributed by atoms with van der Waals surface area (Å²) in [4.78, 5) is 19.6. The third-order valence-electron chi connectivity index (χ3n) is 7.06. The molecular formula is C24H29N3O. The van der Waals surface area contributed by atoms with Crippen LogP contribution in [0.4, 0.5) is 11.4 Å². The summed E-state index contributed by atoms with van der Waals surface area (Å²) in [6.07, 6.45) is 1.34. The second kappa shape index (κ2) is 6.63. The molecule has 2 aliphatic heterocycles. The van der Waals surface area contributed by atoms with Crippen molar-refractivity contribution in [2.75, 3.05) is 42.5 Å². The van der Waals surface area contributed by atoms with Crippen molar-refractivity contribution in [3.63, 3.8) is 0 Å². The van der Waals surface area contributed by atoms with E-state index in [2.05, 4.69) is 59.2 Å². The van der Waals surface area contributed by atoms with Gasteiger partial charge in [-0.3, -0.25) is 4.79 Å². The Morgan fingerprint density at radius 1 is 1.00 bits per heavy atom. The molecule has 4 nitrogen and oxygen atoms in total. The number of hydrogen-bond acceptors (Lipinski definition) is 3. The highest BCUT2D eigenvalue weighted by Crippen LogP contribution is 2.59. The number of hydrogen-bond donors (Lipinski definition) is 0. The van der Waals surface area contributed by atoms with Crippen LogP contribution in [0.15, 0.2) is 48.5 Å². The molecule has 2 aromatic carbocycles. The lowest BCUT2D eigenvalue weighted by molar-refractivity contribution is -0.117. The molecule has 2 heterocycles. The third-order valence-corrected chi connectivity index (χ3v) is 7.06. The van der Waals surface area contributed by atoms with Crippen LogP contribution in [-0.2, 0) is 16.8 Å². The van der Waals surface area contributed by atoms with Crippen LogP contribution in [-0.4, -0.2) is 43.5 Å². The Kier molecular flexibility index (Phi) is 4.20. The van der Waals surface area contributed by atoms with E-state index in [4.69, 9.17) is 0 Å². The van der Waals surface area contributed by atoms with E-state index in [1.165, 1.54) is 30.6 Å². The van der Waals surface area contributed by atoms with Crippen LogP contribution in [0.5, 0.6) is 0 Å². The largest absolute Gasteiger partial charge is 0.358 e. The van der Waals surface area contributed by atoms with Gasteiger partial charge in [-0.25, -0.2) is 0 Å². The summed E-state index contributed by atoms with van der Waals surface area (Å²) < 4.78 is 0. The number of piperidine rings is 1. The number of nitrogens with zero attached hydrogens (tertiary/aromatic N) is 3. The van der Waals surface area contributed by atoms with E-state index < -0.39 is 0 Å². The first-order chi connectivity index (χ1) is 13.6. The van der Waals surface area contributed by atoms with Gasteiger partial charge < -0.3 is 14.7 Å². The molecule has 4 heteroatoms. The van der Waals surface area contributed by atoms with Crippen molar-refractivity contribution in [1.29, 1.82) is 0 Å². The molecule has 1 saturated heterocycles. The van der Waals surface area contributed by atoms with E-state index in [1.54, 1.807) is 0 Å². The van der Waals surface area contributed by atoms with Gasteiger partial charge in [-0.05, 0) is 55.1 Å². The van der Waals surface area contributed by atoms with Gasteiger partial charge in [0.2, 0.25) is 5.91 Å². The minimum absolute atomic E-state index is 0.173. The lowest BCUT2D eigenvalue weighted by Gasteiger charge is -2.24. The molecule has 3 aliphatic rings. The van der Waals surface area contributed by atoms with Crippen LogP contribution in [0.25, 0.3) is 0 Å². The Morgan fingerprint density at radius 3 is 2.50 bits per heavy atom. The fraction of sp³-hybridized carbons (Fsp3) is 0.458. The van der Waals surface area contributed by atoms with E-state index in [-0.39, 0.29) is 5.91 Å². The van der Waals surface area contributed by atoms with Crippen LogP contribution >= 0.6 is 0 Å². The lowest BCUT2D eigenvalue weighted by Crippen LogP contribution is -2.37. The first-order valence-electron chi connectivity index (χ1n) is 10.6. The molecule has 0 radical (unpaired) electrons. The van der Waals surface area contributed by atoms with Crippen molar-refractivity contribution in [3.8, 4) is 0 Å². The fourth-order valence-corrected chi connectivity index (χ4v) is 5.36. The molecule has 2 aromatic rings. The van der Waals surface area contributed by atoms with E-state index in [1.807, 2.05) is 17.9 Å². The van der Waals surface area contributed by atoms with Gasteiger partial charge in [-0.15, -0.1) is 0 Å². The predicted octanol–water partition coefficient (Wildman–Crippen LogP) is 3.65. The van der Waals surface area contributed by atoms with Crippen molar-refractivity contribution >= 4 is 17.3 Å². The lowest BCUT2D eigenvalue weighted by atomic mass is 9.94. The zero-order valence-electron chi connectivity index (χ0n) is 16.9. The van der Waals surface area contributed by atoms with Crippen LogP contribution in [0.1, 0.15) is 31.4 Å². The molecule has 0 bridgehead atoms. The maximum absolute atomic E-state index is 12.9. The first kappa shape index (κ1) is 17.7. The number of carbonyl (C=O) groups excluding carboxylic acids is 1. The summed E-state index contributed by atoms with van der Waals surface area (Å²) in [6, 6.07) is 17.4. The molecule has 0 spiro atoms. The van der Waals surface area contributed by atoms with E-state index in [0.717, 1.165) is 30.4 Å². The van der Waals surface area contributed by atoms with Crippen molar-refractivity contribution in [3.05, 3.63) is 59.7 Å². The van der Waals surface area contributed by atoms with Gasteiger partial charge in [0.25, 0.3) is 0 Å². The first-order valence-corrected chi connectivity index (χ1v) is 10.6. The van der Waals surface area contributed by atoms with Crippen molar-refractivity contribution in [2.45, 2.75) is 32.2 Å². The molecule has 0 N–H and O–H groups in total. The standard InChI is InChI=1S/C24H29N3O/c1-3-25-15-20-13-24(20,17-25)19-9-11-21(12-10-19)26-14-18-7-5-6-8-22(18)27(4-2)23(28)16-26/h5-12,20H,3-4,13-17H2,1-2H3. The monoisotopic (exact) mass is 375 g/mol. The SMILES string of the molecule is CCN1CC2CC2(c2ccc(N3CC(=O)N(CC)c4ccccc4C3)cc2)C1. The van der Waals surface area contributed by atoms with Crippen molar-refractivity contribution < 1.29 is 4.79 Å². The maximum atomic E-state index is 12.9. The van der Waals surface area contributed by atoms with Crippen LogP contribution in [0, 0.1) is 5.92 Å². The molecule has 1 aliphatic carbocycles. The molecule has 5 rings (SSSR count). The topological polar surface area (TPSA) is 26.8 Å². The molecule has 2 unspecified atom stereocenters. The average molecular weight is 376 g/mol. The number of para-hydroxylation sites is 1. The highest BCUT2D eigenvalue weighted by molar-refractivity contribution is 5.98. The Hall–Kier alpha value is -2.33. The summed E-state index contributed by atoms with van der Waals surface area (Å²) in [5, 5.41) is 0. The van der Waals surface area contributed by atoms with Crippen LogP contribution in [0.3, 0.4) is 0 Å². The van der Waals surface area contributed by atoms with Gasteiger partial charge in [0.05, 0.1) is 6.54 Å². The molecule has 0 aromatic heterocycles. The number of rotatable bonds is 4. The van der Waals surface area contributed by atoms with Gasteiger partial charge in [-0.2, -0.15) is 0 Å². The fourth-order valence-electron chi connectivity index (χ4n) is 5.36. The molecule has 1 saturated carbocycles. The van der Waals surface area contributed by atoms with Gasteiger partial charge in [-0.1, -0.05) is 37.3 Å². The predicted molar refractivity (Wildman–Crippen MR) is 114 cm³/mol. The number of fused-ring (bicyclic) bond motifs is 2. The van der Waals surface area contributed by atoms with Gasteiger partial charge in [0.15, 0.2) is 0 Å². The number of likely N-dealkylation sites (tertiary alicyclic amines) is 1. The number of carbonyl (C=O) groups is 1. The second-order valence-electron chi connectivity index (χ2n) is 8.55. The zero-order chi connectivity index (χ0) is 19.3. The smallest absolute Gasteiger partial charge is 0.246 e. The van der Waals surface area contributed by atoms with Gasteiger partial charge in [0, 0.05) is 43.0 Å².